The zero-order valence-electron chi connectivity index (χ0n) is 16.8. The van der Waals surface area contributed by atoms with Gasteiger partial charge in [-0.15, -0.1) is 11.3 Å². The minimum atomic E-state index is -0.676. The maximum Gasteiger partial charge on any atom is 0.303 e. The molecule has 2 aromatic rings. The van der Waals surface area contributed by atoms with Gasteiger partial charge in [-0.25, -0.2) is 0 Å². The molecule has 1 aromatic carbocycles. The third-order valence-corrected chi connectivity index (χ3v) is 7.58. The molecule has 154 valence electrons. The summed E-state index contributed by atoms with van der Waals surface area (Å²) in [6.45, 7) is 0. The van der Waals surface area contributed by atoms with Crippen molar-refractivity contribution in [3.63, 3.8) is 0 Å². The van der Waals surface area contributed by atoms with Crippen LogP contribution in [0.5, 0.6) is 0 Å². The van der Waals surface area contributed by atoms with Crippen LogP contribution in [-0.2, 0) is 4.79 Å². The summed E-state index contributed by atoms with van der Waals surface area (Å²) < 4.78 is 1.26. The van der Waals surface area contributed by atoms with Crippen molar-refractivity contribution in [2.45, 2.75) is 83.2 Å². The highest BCUT2D eigenvalue weighted by Crippen LogP contribution is 2.39. The first-order valence-electron chi connectivity index (χ1n) is 11.0. The molecule has 0 spiro atoms. The van der Waals surface area contributed by atoms with E-state index in [-0.39, 0.29) is 6.10 Å². The van der Waals surface area contributed by atoms with E-state index >= 15 is 0 Å². The second kappa shape index (κ2) is 11.0. The summed E-state index contributed by atoms with van der Waals surface area (Å²) in [5.41, 5.74) is 0. The highest BCUT2D eigenvalue weighted by atomic mass is 32.1. The molecule has 1 saturated carbocycles. The predicted octanol–water partition coefficient (Wildman–Crippen LogP) is 6.95. The van der Waals surface area contributed by atoms with E-state index in [0.717, 1.165) is 48.8 Å². The van der Waals surface area contributed by atoms with Crippen molar-refractivity contribution in [2.24, 2.45) is 11.8 Å². The second-order valence-electron chi connectivity index (χ2n) is 8.43. The molecule has 1 aromatic heterocycles. The Morgan fingerprint density at radius 3 is 2.50 bits per heavy atom. The van der Waals surface area contributed by atoms with Crippen LogP contribution in [0, 0.1) is 11.8 Å². The van der Waals surface area contributed by atoms with Gasteiger partial charge < -0.3 is 10.2 Å². The number of carboxylic acids is 1. The molecule has 2 unspecified atom stereocenters. The lowest BCUT2D eigenvalue weighted by molar-refractivity contribution is -0.137. The molecule has 1 heterocycles. The third-order valence-electron chi connectivity index (χ3n) is 6.37. The number of carboxylic acid groups (broad SMARTS) is 1. The number of carbonyl (C=O) groups is 1. The Morgan fingerprint density at radius 1 is 1.04 bits per heavy atom. The molecular weight excluding hydrogens is 368 g/mol. The molecule has 0 radical (unpaired) electrons. The van der Waals surface area contributed by atoms with Crippen molar-refractivity contribution in [3.05, 3.63) is 35.2 Å². The number of unbranched alkanes of at least 4 members (excludes halogenated alkanes) is 3. The first-order chi connectivity index (χ1) is 13.6. The summed E-state index contributed by atoms with van der Waals surface area (Å²) in [5.74, 6) is 0.865. The molecule has 0 saturated heterocycles. The van der Waals surface area contributed by atoms with E-state index in [0.29, 0.717) is 6.42 Å². The van der Waals surface area contributed by atoms with E-state index in [2.05, 4.69) is 30.3 Å². The average molecular weight is 403 g/mol. The van der Waals surface area contributed by atoms with E-state index in [1.807, 2.05) is 0 Å². The Bertz CT molecular complexity index is 705. The van der Waals surface area contributed by atoms with E-state index in [1.165, 1.54) is 48.6 Å². The molecule has 0 amide bonds. The zero-order valence-corrected chi connectivity index (χ0v) is 17.6. The van der Waals surface area contributed by atoms with E-state index in [4.69, 9.17) is 5.11 Å². The van der Waals surface area contributed by atoms with Gasteiger partial charge in [0.2, 0.25) is 0 Å². The lowest BCUT2D eigenvalue weighted by Crippen LogP contribution is -2.20. The number of benzene rings is 1. The fourth-order valence-electron chi connectivity index (χ4n) is 4.76. The Labute approximate surface area is 172 Å². The summed E-state index contributed by atoms with van der Waals surface area (Å²) in [6.07, 6.45) is 12.8. The molecule has 0 bridgehead atoms. The molecule has 1 aliphatic carbocycles. The molecule has 3 nitrogen and oxygen atoms in total. The van der Waals surface area contributed by atoms with Gasteiger partial charge in [0.05, 0.1) is 6.10 Å². The van der Waals surface area contributed by atoms with Crippen LogP contribution in [0.2, 0.25) is 0 Å². The Kier molecular flexibility index (Phi) is 8.35. The maximum atomic E-state index is 10.7. The minimum Gasteiger partial charge on any atom is -0.481 e. The predicted molar refractivity (Wildman–Crippen MR) is 117 cm³/mol. The second-order valence-corrected chi connectivity index (χ2v) is 9.55. The van der Waals surface area contributed by atoms with Crippen LogP contribution in [0.1, 0.15) is 88.0 Å². The van der Waals surface area contributed by atoms with Crippen LogP contribution in [0.3, 0.4) is 0 Å². The smallest absolute Gasteiger partial charge is 0.303 e. The number of aliphatic hydroxyl groups excluding tert-OH is 1. The lowest BCUT2D eigenvalue weighted by Gasteiger charge is -2.32. The quantitative estimate of drug-likeness (QED) is 0.400. The summed E-state index contributed by atoms with van der Waals surface area (Å²) in [5, 5.41) is 20.7. The van der Waals surface area contributed by atoms with Gasteiger partial charge in [0, 0.05) is 16.0 Å². The van der Waals surface area contributed by atoms with Gasteiger partial charge in [-0.3, -0.25) is 4.79 Å². The van der Waals surface area contributed by atoms with Gasteiger partial charge in [0.15, 0.2) is 0 Å². The molecule has 1 fully saturated rings. The van der Waals surface area contributed by atoms with E-state index < -0.39 is 5.97 Å². The first-order valence-corrected chi connectivity index (χ1v) is 11.8. The highest BCUT2D eigenvalue weighted by Gasteiger charge is 2.25. The van der Waals surface area contributed by atoms with Crippen molar-refractivity contribution in [1.29, 1.82) is 0 Å². The van der Waals surface area contributed by atoms with Gasteiger partial charge in [-0.05, 0) is 48.6 Å². The van der Waals surface area contributed by atoms with Crippen LogP contribution in [0.4, 0.5) is 0 Å². The highest BCUT2D eigenvalue weighted by molar-refractivity contribution is 7.19. The Hall–Kier alpha value is -1.39. The molecular formula is C24H34O3S. The molecule has 3 rings (SSSR count). The lowest BCUT2D eigenvalue weighted by atomic mass is 9.74. The number of hydrogen-bond acceptors (Lipinski definition) is 3. The Balaban J connectivity index is 1.42. The van der Waals surface area contributed by atoms with Crippen molar-refractivity contribution in [2.75, 3.05) is 0 Å². The largest absolute Gasteiger partial charge is 0.481 e. The van der Waals surface area contributed by atoms with Crippen molar-refractivity contribution < 1.29 is 15.0 Å². The van der Waals surface area contributed by atoms with Crippen molar-refractivity contribution in [3.8, 4) is 0 Å². The van der Waals surface area contributed by atoms with Crippen LogP contribution < -0.4 is 0 Å². The molecule has 2 N–H and O–H groups in total. The molecule has 28 heavy (non-hydrogen) atoms. The summed E-state index contributed by atoms with van der Waals surface area (Å²) in [7, 11) is 0. The number of rotatable bonds is 11. The Morgan fingerprint density at radius 2 is 1.75 bits per heavy atom. The fraction of sp³-hybridized carbons (Fsp3) is 0.625. The van der Waals surface area contributed by atoms with E-state index in [9.17, 15) is 9.90 Å². The normalized spacial score (nSPS) is 21.0. The summed E-state index contributed by atoms with van der Waals surface area (Å²) >= 11 is 1.72. The SMILES string of the molecule is O=C(O)CCCCCC[C@H]1CCCCC1CCC(O)c1cc2ccccc2s1. The van der Waals surface area contributed by atoms with Gasteiger partial charge in [0.1, 0.15) is 0 Å². The molecule has 4 heteroatoms. The fourth-order valence-corrected chi connectivity index (χ4v) is 5.85. The van der Waals surface area contributed by atoms with Crippen LogP contribution in [0.15, 0.2) is 30.3 Å². The van der Waals surface area contributed by atoms with Gasteiger partial charge >= 0.3 is 5.97 Å². The first kappa shape index (κ1) is 21.3. The third kappa shape index (κ3) is 6.31. The number of fused-ring (bicyclic) bond motifs is 1. The van der Waals surface area contributed by atoms with Crippen molar-refractivity contribution >= 4 is 27.4 Å². The van der Waals surface area contributed by atoms with Gasteiger partial charge in [0.25, 0.3) is 0 Å². The summed E-state index contributed by atoms with van der Waals surface area (Å²) in [4.78, 5) is 11.7. The number of hydrogen-bond donors (Lipinski definition) is 2. The number of aliphatic hydroxyl groups is 1. The molecule has 3 atom stereocenters. The van der Waals surface area contributed by atoms with Crippen LogP contribution in [-0.4, -0.2) is 16.2 Å². The van der Waals surface area contributed by atoms with Crippen molar-refractivity contribution in [1.82, 2.24) is 0 Å². The minimum absolute atomic E-state index is 0.307. The van der Waals surface area contributed by atoms with Crippen LogP contribution in [0.25, 0.3) is 10.1 Å². The standard InChI is InChI=1S/C24H34O3S/c25-21(23-17-20-12-7-8-13-22(20)28-23)16-15-19-11-6-5-10-18(19)9-3-1-2-4-14-24(26)27/h7-8,12-13,17-19,21,25H,1-6,9-11,14-16H2,(H,26,27)/t18-,19?,21?/m0/s1. The average Bonchev–Trinajstić information content (AvgIpc) is 3.13. The van der Waals surface area contributed by atoms with Gasteiger partial charge in [-0.1, -0.05) is 69.6 Å². The topological polar surface area (TPSA) is 57.5 Å². The van der Waals surface area contributed by atoms with Gasteiger partial charge in [-0.2, -0.15) is 0 Å². The number of aliphatic carboxylic acids is 1. The molecule has 1 aliphatic rings. The summed E-state index contributed by atoms with van der Waals surface area (Å²) in [6, 6.07) is 10.5. The van der Waals surface area contributed by atoms with Crippen LogP contribution >= 0.6 is 11.3 Å². The van der Waals surface area contributed by atoms with E-state index in [1.54, 1.807) is 11.3 Å². The zero-order chi connectivity index (χ0) is 19.8. The monoisotopic (exact) mass is 402 g/mol. The number of thiophene rings is 1. The molecule has 0 aliphatic heterocycles. The maximum absolute atomic E-state index is 10.7.